The molecule has 10 heteroatoms. The third-order valence-corrected chi connectivity index (χ3v) is 7.69. The van der Waals surface area contributed by atoms with E-state index < -0.39 is 16.6 Å². The zero-order valence-electron chi connectivity index (χ0n) is 14.7. The van der Waals surface area contributed by atoms with Crippen molar-refractivity contribution in [3.8, 4) is 11.5 Å². The number of methoxy groups -OCH3 is 1. The first-order valence-corrected chi connectivity index (χ1v) is 10.7. The third kappa shape index (κ3) is 4.75. The number of nitrogens with one attached hydrogen (secondary N) is 1. The number of quaternary nitrogens is 1. The molecule has 1 fully saturated rings. The Hall–Kier alpha value is -1.75. The zero-order chi connectivity index (χ0) is 19.4. The Bertz CT molecular complexity index is 852. The first kappa shape index (κ1) is 20.0. The van der Waals surface area contributed by atoms with Crippen LogP contribution in [0.2, 0.25) is 0 Å². The molecule has 2 heterocycles. The maximum atomic E-state index is 12.6. The summed E-state index contributed by atoms with van der Waals surface area (Å²) in [5.41, 5.74) is 0.915. The summed E-state index contributed by atoms with van der Waals surface area (Å²) in [6.07, 6.45) is 0. The number of halogens is 2. The molecule has 148 valence electrons. The van der Waals surface area contributed by atoms with Gasteiger partial charge in [0.25, 0.3) is 10.0 Å². The standard InChI is InChI=1S/C17H20F2N2O4S2/c1-24-15-11-13(4-5-14(15)25-17(18)19)12-20-6-8-21(9-7-20)27(22,23)16-3-2-10-26-16/h2-5,10-11,17H,6-9,12H2,1H3/p+1. The smallest absolute Gasteiger partial charge is 0.387 e. The number of rotatable bonds is 7. The van der Waals surface area contributed by atoms with E-state index in [1.54, 1.807) is 29.6 Å². The molecule has 1 N–H and O–H groups in total. The lowest BCUT2D eigenvalue weighted by molar-refractivity contribution is -0.917. The lowest BCUT2D eigenvalue weighted by Crippen LogP contribution is -3.13. The molecular formula is C17H21F2N2O4S2+. The first-order chi connectivity index (χ1) is 12.9. The molecule has 1 aromatic heterocycles. The fraction of sp³-hybridized carbons (Fsp3) is 0.412. The quantitative estimate of drug-likeness (QED) is 0.738. The largest absolute Gasteiger partial charge is 0.493 e. The minimum absolute atomic E-state index is 0.00175. The average Bonchev–Trinajstić information content (AvgIpc) is 3.18. The molecule has 0 unspecified atom stereocenters. The van der Waals surface area contributed by atoms with Gasteiger partial charge < -0.3 is 14.4 Å². The van der Waals surface area contributed by atoms with Crippen molar-refractivity contribution in [3.63, 3.8) is 0 Å². The molecule has 1 saturated heterocycles. The monoisotopic (exact) mass is 419 g/mol. The molecule has 0 radical (unpaired) electrons. The number of thiophene rings is 1. The average molecular weight is 419 g/mol. The second-order valence-electron chi connectivity index (χ2n) is 6.13. The van der Waals surface area contributed by atoms with E-state index in [1.807, 2.05) is 0 Å². The Labute approximate surface area is 161 Å². The molecule has 0 bridgehead atoms. The van der Waals surface area contributed by atoms with Crippen LogP contribution >= 0.6 is 11.3 Å². The van der Waals surface area contributed by atoms with Crippen LogP contribution in [-0.2, 0) is 16.6 Å². The van der Waals surface area contributed by atoms with Crippen molar-refractivity contribution < 1.29 is 31.6 Å². The van der Waals surface area contributed by atoms with Crippen LogP contribution in [0, 0.1) is 0 Å². The van der Waals surface area contributed by atoms with E-state index in [-0.39, 0.29) is 11.5 Å². The fourth-order valence-electron chi connectivity index (χ4n) is 3.06. The fourth-order valence-corrected chi connectivity index (χ4v) is 5.65. The normalized spacial score (nSPS) is 16.6. The number of hydrogen-bond acceptors (Lipinski definition) is 5. The lowest BCUT2D eigenvalue weighted by atomic mass is 10.1. The molecule has 2 aromatic rings. The third-order valence-electron chi connectivity index (χ3n) is 4.42. The van der Waals surface area contributed by atoms with Crippen molar-refractivity contribution in [3.05, 3.63) is 41.3 Å². The van der Waals surface area contributed by atoms with Gasteiger partial charge >= 0.3 is 6.61 Å². The molecule has 0 aliphatic carbocycles. The van der Waals surface area contributed by atoms with Gasteiger partial charge in [-0.05, 0) is 29.6 Å². The summed E-state index contributed by atoms with van der Waals surface area (Å²) in [6.45, 7) is -0.0324. The van der Waals surface area contributed by atoms with E-state index in [1.165, 1.54) is 33.7 Å². The van der Waals surface area contributed by atoms with Gasteiger partial charge in [-0.2, -0.15) is 13.1 Å². The molecule has 1 aliphatic heterocycles. The highest BCUT2D eigenvalue weighted by atomic mass is 32.2. The summed E-state index contributed by atoms with van der Waals surface area (Å²) in [6, 6.07) is 8.22. The van der Waals surface area contributed by atoms with Gasteiger partial charge in [0.05, 0.1) is 33.3 Å². The van der Waals surface area contributed by atoms with Crippen molar-refractivity contribution in [1.82, 2.24) is 4.31 Å². The molecule has 27 heavy (non-hydrogen) atoms. The number of nitrogens with zero attached hydrogens (tertiary/aromatic N) is 1. The van der Waals surface area contributed by atoms with Crippen LogP contribution in [0.4, 0.5) is 8.78 Å². The molecule has 0 saturated carbocycles. The van der Waals surface area contributed by atoms with Crippen molar-refractivity contribution in [2.24, 2.45) is 0 Å². The first-order valence-electron chi connectivity index (χ1n) is 8.39. The molecule has 0 atom stereocenters. The highest BCUT2D eigenvalue weighted by Crippen LogP contribution is 2.29. The number of hydrogen-bond donors (Lipinski definition) is 1. The topological polar surface area (TPSA) is 60.3 Å². The Morgan fingerprint density at radius 2 is 1.96 bits per heavy atom. The van der Waals surface area contributed by atoms with Crippen molar-refractivity contribution in [2.75, 3.05) is 33.3 Å². The SMILES string of the molecule is COc1cc(C[NH+]2CCN(S(=O)(=O)c3cccs3)CC2)ccc1OC(F)F. The second kappa shape index (κ2) is 8.51. The van der Waals surface area contributed by atoms with Crippen LogP contribution in [0.3, 0.4) is 0 Å². The Morgan fingerprint density at radius 3 is 2.56 bits per heavy atom. The molecule has 1 aliphatic rings. The maximum absolute atomic E-state index is 12.6. The van der Waals surface area contributed by atoms with Gasteiger partial charge in [-0.3, -0.25) is 0 Å². The van der Waals surface area contributed by atoms with Gasteiger partial charge in [0.2, 0.25) is 0 Å². The molecule has 1 aromatic carbocycles. The minimum Gasteiger partial charge on any atom is -0.493 e. The van der Waals surface area contributed by atoms with E-state index in [4.69, 9.17) is 4.74 Å². The van der Waals surface area contributed by atoms with Crippen molar-refractivity contribution in [2.45, 2.75) is 17.4 Å². The van der Waals surface area contributed by atoms with E-state index in [0.29, 0.717) is 36.9 Å². The number of benzene rings is 1. The van der Waals surface area contributed by atoms with Gasteiger partial charge in [0.15, 0.2) is 11.5 Å². The number of ether oxygens (including phenoxy) is 2. The number of piperazine rings is 1. The molecule has 0 spiro atoms. The predicted octanol–water partition coefficient (Wildman–Crippen LogP) is 1.45. The van der Waals surface area contributed by atoms with Gasteiger partial charge in [0.1, 0.15) is 10.8 Å². The molecule has 6 nitrogen and oxygen atoms in total. The second-order valence-corrected chi connectivity index (χ2v) is 9.24. The van der Waals surface area contributed by atoms with Crippen LogP contribution in [0.1, 0.15) is 5.56 Å². The van der Waals surface area contributed by atoms with E-state index in [2.05, 4.69) is 4.74 Å². The van der Waals surface area contributed by atoms with Crippen LogP contribution in [0.5, 0.6) is 11.5 Å². The summed E-state index contributed by atoms with van der Waals surface area (Å²) >= 11 is 1.22. The van der Waals surface area contributed by atoms with Crippen LogP contribution in [0.15, 0.2) is 39.9 Å². The van der Waals surface area contributed by atoms with Crippen LogP contribution < -0.4 is 14.4 Å². The minimum atomic E-state index is -3.41. The summed E-state index contributed by atoms with van der Waals surface area (Å²) in [5, 5.41) is 1.75. The predicted molar refractivity (Wildman–Crippen MR) is 97.1 cm³/mol. The van der Waals surface area contributed by atoms with Crippen molar-refractivity contribution >= 4 is 21.4 Å². The number of sulfonamides is 1. The Kier molecular flexibility index (Phi) is 6.30. The Balaban J connectivity index is 1.61. The summed E-state index contributed by atoms with van der Waals surface area (Å²) in [4.78, 5) is 1.22. The molecule has 3 rings (SSSR count). The zero-order valence-corrected chi connectivity index (χ0v) is 16.4. The van der Waals surface area contributed by atoms with Gasteiger partial charge in [-0.1, -0.05) is 6.07 Å². The summed E-state index contributed by atoms with van der Waals surface area (Å²) in [5.74, 6) is 0.254. The van der Waals surface area contributed by atoms with E-state index in [9.17, 15) is 17.2 Å². The van der Waals surface area contributed by atoms with Gasteiger partial charge in [-0.15, -0.1) is 11.3 Å². The number of alkyl halides is 2. The Morgan fingerprint density at radius 1 is 1.22 bits per heavy atom. The summed E-state index contributed by atoms with van der Waals surface area (Å²) in [7, 11) is -2.01. The molecule has 0 amide bonds. The highest BCUT2D eigenvalue weighted by molar-refractivity contribution is 7.91. The van der Waals surface area contributed by atoms with Gasteiger partial charge in [0, 0.05) is 5.56 Å². The molecular weight excluding hydrogens is 398 g/mol. The van der Waals surface area contributed by atoms with Gasteiger partial charge in [-0.25, -0.2) is 8.42 Å². The lowest BCUT2D eigenvalue weighted by Gasteiger charge is -2.31. The van der Waals surface area contributed by atoms with Crippen LogP contribution in [-0.4, -0.2) is 52.6 Å². The van der Waals surface area contributed by atoms with Crippen molar-refractivity contribution in [1.29, 1.82) is 0 Å². The van der Waals surface area contributed by atoms with Crippen LogP contribution in [0.25, 0.3) is 0 Å². The maximum Gasteiger partial charge on any atom is 0.387 e. The summed E-state index contributed by atoms with van der Waals surface area (Å²) < 4.78 is 61.4. The highest BCUT2D eigenvalue weighted by Gasteiger charge is 2.31. The van der Waals surface area contributed by atoms with E-state index in [0.717, 1.165) is 5.56 Å². The van der Waals surface area contributed by atoms with E-state index >= 15 is 0 Å².